The molecule has 1 aromatic carbocycles. The van der Waals surface area contributed by atoms with Crippen molar-refractivity contribution in [2.45, 2.75) is 11.8 Å². The van der Waals surface area contributed by atoms with Crippen molar-refractivity contribution < 1.29 is 9.53 Å². The number of rotatable bonds is 2. The van der Waals surface area contributed by atoms with E-state index in [0.29, 0.717) is 11.6 Å². The molecule has 1 aliphatic heterocycles. The van der Waals surface area contributed by atoms with Crippen LogP contribution in [-0.2, 0) is 9.53 Å². The molecule has 0 unspecified atom stereocenters. The van der Waals surface area contributed by atoms with E-state index in [1.165, 1.54) is 18.9 Å². The molecule has 0 N–H and O–H groups in total. The number of hydrogen-bond acceptors (Lipinski definition) is 5. The van der Waals surface area contributed by atoms with Crippen molar-refractivity contribution in [2.24, 2.45) is 0 Å². The van der Waals surface area contributed by atoms with E-state index in [-0.39, 0.29) is 5.57 Å². The Morgan fingerprint density at radius 3 is 2.83 bits per heavy atom. The van der Waals surface area contributed by atoms with Gasteiger partial charge in [-0.2, -0.15) is 5.26 Å². The quantitative estimate of drug-likeness (QED) is 0.464. The highest BCUT2D eigenvalue weighted by Gasteiger charge is 2.29. The minimum Gasteiger partial charge on any atom is -0.465 e. The number of esters is 1. The SMILES string of the molecule is CCN1C(=C(C#N)C(=O)OC)Sc2ccccc21. The summed E-state index contributed by atoms with van der Waals surface area (Å²) in [6.07, 6.45) is 0. The molecule has 0 amide bonds. The topological polar surface area (TPSA) is 53.3 Å². The Morgan fingerprint density at radius 1 is 1.50 bits per heavy atom. The van der Waals surface area contributed by atoms with E-state index >= 15 is 0 Å². The number of nitriles is 1. The predicted molar refractivity (Wildman–Crippen MR) is 70.0 cm³/mol. The van der Waals surface area contributed by atoms with Gasteiger partial charge in [0, 0.05) is 11.4 Å². The lowest BCUT2D eigenvalue weighted by Crippen LogP contribution is -2.20. The average Bonchev–Trinajstić information content (AvgIpc) is 2.77. The van der Waals surface area contributed by atoms with Crippen LogP contribution in [0.5, 0.6) is 0 Å². The van der Waals surface area contributed by atoms with E-state index in [4.69, 9.17) is 5.26 Å². The van der Waals surface area contributed by atoms with Crippen molar-refractivity contribution in [1.82, 2.24) is 0 Å². The third-order valence-electron chi connectivity index (χ3n) is 2.64. The van der Waals surface area contributed by atoms with Gasteiger partial charge in [-0.3, -0.25) is 0 Å². The maximum absolute atomic E-state index is 11.6. The zero-order valence-electron chi connectivity index (χ0n) is 10.1. The molecule has 4 nitrogen and oxygen atoms in total. The van der Waals surface area contributed by atoms with E-state index in [9.17, 15) is 4.79 Å². The van der Waals surface area contributed by atoms with Crippen LogP contribution in [0.4, 0.5) is 5.69 Å². The van der Waals surface area contributed by atoms with Gasteiger partial charge in [-0.1, -0.05) is 23.9 Å². The number of carbonyl (C=O) groups is 1. The van der Waals surface area contributed by atoms with E-state index in [1.54, 1.807) is 0 Å². The van der Waals surface area contributed by atoms with Gasteiger partial charge in [0.05, 0.1) is 12.8 Å². The minimum atomic E-state index is -0.591. The second-order valence-corrected chi connectivity index (χ2v) is 4.63. The van der Waals surface area contributed by atoms with Crippen LogP contribution in [0.15, 0.2) is 39.8 Å². The van der Waals surface area contributed by atoms with E-state index in [1.807, 2.05) is 42.2 Å². The first kappa shape index (κ1) is 12.5. The van der Waals surface area contributed by atoms with Crippen LogP contribution in [0.1, 0.15) is 6.92 Å². The lowest BCUT2D eigenvalue weighted by molar-refractivity contribution is -0.135. The number of fused-ring (bicyclic) bond motifs is 1. The molecule has 0 saturated heterocycles. The molecule has 0 fully saturated rings. The molecule has 0 atom stereocenters. The van der Waals surface area contributed by atoms with Crippen molar-refractivity contribution in [3.8, 4) is 6.07 Å². The largest absolute Gasteiger partial charge is 0.465 e. The zero-order chi connectivity index (χ0) is 13.1. The van der Waals surface area contributed by atoms with Gasteiger partial charge in [0.15, 0.2) is 5.57 Å². The van der Waals surface area contributed by atoms with Crippen LogP contribution in [0.2, 0.25) is 0 Å². The molecule has 2 rings (SSSR count). The Labute approximate surface area is 110 Å². The fourth-order valence-electron chi connectivity index (χ4n) is 1.82. The summed E-state index contributed by atoms with van der Waals surface area (Å²) in [7, 11) is 1.28. The number of nitrogens with zero attached hydrogens (tertiary/aromatic N) is 2. The molecule has 1 aromatic rings. The van der Waals surface area contributed by atoms with E-state index in [0.717, 1.165) is 10.6 Å². The fraction of sp³-hybridized carbons (Fsp3) is 0.231. The third kappa shape index (κ3) is 1.95. The minimum absolute atomic E-state index is 0.0561. The number of hydrogen-bond donors (Lipinski definition) is 0. The van der Waals surface area contributed by atoms with E-state index < -0.39 is 5.97 Å². The summed E-state index contributed by atoms with van der Waals surface area (Å²) < 4.78 is 4.65. The smallest absolute Gasteiger partial charge is 0.351 e. The molecule has 5 heteroatoms. The van der Waals surface area contributed by atoms with Gasteiger partial charge in [-0.05, 0) is 19.1 Å². The lowest BCUT2D eigenvalue weighted by Gasteiger charge is -2.18. The summed E-state index contributed by atoms with van der Waals surface area (Å²) in [6, 6.07) is 9.76. The molecule has 0 spiro atoms. The van der Waals surface area contributed by atoms with Crippen LogP contribution >= 0.6 is 11.8 Å². The van der Waals surface area contributed by atoms with Gasteiger partial charge in [-0.15, -0.1) is 0 Å². The number of carbonyl (C=O) groups excluding carboxylic acids is 1. The maximum Gasteiger partial charge on any atom is 0.351 e. The summed E-state index contributed by atoms with van der Waals surface area (Å²) in [5.74, 6) is -0.591. The highest BCUT2D eigenvalue weighted by molar-refractivity contribution is 8.03. The lowest BCUT2D eigenvalue weighted by atomic mass is 10.2. The van der Waals surface area contributed by atoms with Gasteiger partial charge in [-0.25, -0.2) is 4.79 Å². The first-order valence-electron chi connectivity index (χ1n) is 5.50. The van der Waals surface area contributed by atoms with Crippen LogP contribution in [-0.4, -0.2) is 19.6 Å². The Bertz CT molecular complexity index is 560. The average molecular weight is 260 g/mol. The van der Waals surface area contributed by atoms with Crippen molar-refractivity contribution >= 4 is 23.4 Å². The number of anilines is 1. The first-order valence-corrected chi connectivity index (χ1v) is 6.31. The molecular weight excluding hydrogens is 248 g/mol. The zero-order valence-corrected chi connectivity index (χ0v) is 11.0. The van der Waals surface area contributed by atoms with Crippen LogP contribution in [0.25, 0.3) is 0 Å². The number of thioether (sulfide) groups is 1. The van der Waals surface area contributed by atoms with Gasteiger partial charge < -0.3 is 9.64 Å². The van der Waals surface area contributed by atoms with E-state index in [2.05, 4.69) is 4.74 Å². The standard InChI is InChI=1S/C13H12N2O2S/c1-3-15-10-6-4-5-7-11(10)18-12(15)9(8-14)13(16)17-2/h4-7H,3H2,1-2H3. The van der Waals surface area contributed by atoms with Gasteiger partial charge in [0.1, 0.15) is 11.1 Å². The molecule has 18 heavy (non-hydrogen) atoms. The number of ether oxygens (including phenoxy) is 1. The Morgan fingerprint density at radius 2 is 2.22 bits per heavy atom. The molecule has 0 bridgehead atoms. The van der Waals surface area contributed by atoms with Crippen LogP contribution in [0, 0.1) is 11.3 Å². The van der Waals surface area contributed by atoms with Crippen LogP contribution in [0.3, 0.4) is 0 Å². The molecule has 0 radical (unpaired) electrons. The summed E-state index contributed by atoms with van der Waals surface area (Å²) in [5.41, 5.74) is 1.08. The van der Waals surface area contributed by atoms with Gasteiger partial charge in [0.25, 0.3) is 0 Å². The maximum atomic E-state index is 11.6. The molecule has 0 aromatic heterocycles. The molecule has 1 heterocycles. The summed E-state index contributed by atoms with van der Waals surface area (Å²) in [5, 5.41) is 9.78. The highest BCUT2D eigenvalue weighted by atomic mass is 32.2. The van der Waals surface area contributed by atoms with Gasteiger partial charge in [0.2, 0.25) is 0 Å². The molecule has 0 saturated carbocycles. The second-order valence-electron chi connectivity index (χ2n) is 3.60. The monoisotopic (exact) mass is 260 g/mol. The second kappa shape index (κ2) is 5.15. The Kier molecular flexibility index (Phi) is 3.58. The molecular formula is C13H12N2O2S. The first-order chi connectivity index (χ1) is 8.72. The number of benzene rings is 1. The van der Waals surface area contributed by atoms with Gasteiger partial charge >= 0.3 is 5.97 Å². The third-order valence-corrected chi connectivity index (χ3v) is 3.82. The van der Waals surface area contributed by atoms with Crippen molar-refractivity contribution in [1.29, 1.82) is 5.26 Å². The molecule has 0 aliphatic carbocycles. The Hall–Kier alpha value is -1.93. The van der Waals surface area contributed by atoms with Crippen molar-refractivity contribution in [3.05, 3.63) is 34.9 Å². The van der Waals surface area contributed by atoms with Crippen molar-refractivity contribution in [3.63, 3.8) is 0 Å². The summed E-state index contributed by atoms with van der Waals surface area (Å²) in [6.45, 7) is 2.68. The fourth-order valence-corrected chi connectivity index (χ4v) is 3.02. The summed E-state index contributed by atoms with van der Waals surface area (Å²) in [4.78, 5) is 14.6. The Balaban J connectivity index is 2.53. The van der Waals surface area contributed by atoms with Crippen molar-refractivity contribution in [2.75, 3.05) is 18.6 Å². The summed E-state index contributed by atoms with van der Waals surface area (Å²) >= 11 is 1.43. The predicted octanol–water partition coefficient (Wildman–Crippen LogP) is 2.53. The highest BCUT2D eigenvalue weighted by Crippen LogP contribution is 2.46. The normalized spacial score (nSPS) is 15.9. The molecule has 92 valence electrons. The molecule has 1 aliphatic rings. The number of methoxy groups -OCH3 is 1. The van der Waals surface area contributed by atoms with Crippen LogP contribution < -0.4 is 4.90 Å². The number of para-hydroxylation sites is 1.